The molecular formula is C11H11N3OS. The van der Waals surface area contributed by atoms with Crippen molar-refractivity contribution in [3.63, 3.8) is 0 Å². The average Bonchev–Trinajstić information content (AvgIpc) is 2.24. The Labute approximate surface area is 98.0 Å². The van der Waals surface area contributed by atoms with Crippen molar-refractivity contribution in [2.75, 3.05) is 17.2 Å². The third-order valence-corrected chi connectivity index (χ3v) is 3.56. The van der Waals surface area contributed by atoms with Gasteiger partial charge in [0.15, 0.2) is 0 Å². The van der Waals surface area contributed by atoms with Gasteiger partial charge in [-0.05, 0) is 25.1 Å². The van der Waals surface area contributed by atoms with Crippen LogP contribution >= 0.6 is 11.8 Å². The summed E-state index contributed by atoms with van der Waals surface area (Å²) in [6.45, 7) is 1.92. The number of anilines is 2. The van der Waals surface area contributed by atoms with E-state index in [2.05, 4.69) is 0 Å². The minimum absolute atomic E-state index is 0.0242. The molecule has 1 unspecified atom stereocenters. The zero-order valence-electron chi connectivity index (χ0n) is 8.80. The Bertz CT molecular complexity index is 481. The Morgan fingerprint density at radius 2 is 2.38 bits per heavy atom. The fourth-order valence-corrected chi connectivity index (χ4v) is 2.77. The van der Waals surface area contributed by atoms with Crippen LogP contribution in [0.15, 0.2) is 23.1 Å². The summed E-state index contributed by atoms with van der Waals surface area (Å²) in [4.78, 5) is 14.4. The largest absolute Gasteiger partial charge is 0.399 e. The molecule has 0 saturated carbocycles. The highest BCUT2D eigenvalue weighted by Gasteiger charge is 2.30. The zero-order valence-corrected chi connectivity index (χ0v) is 9.62. The number of nitrogens with zero attached hydrogens (tertiary/aromatic N) is 2. The molecule has 1 heterocycles. The highest BCUT2D eigenvalue weighted by Crippen LogP contribution is 2.39. The van der Waals surface area contributed by atoms with E-state index < -0.39 is 0 Å². The molecule has 0 saturated heterocycles. The highest BCUT2D eigenvalue weighted by molar-refractivity contribution is 8.01. The molecule has 0 aromatic heterocycles. The summed E-state index contributed by atoms with van der Waals surface area (Å²) in [7, 11) is 0. The van der Waals surface area contributed by atoms with Gasteiger partial charge in [-0.2, -0.15) is 5.26 Å². The molecule has 0 aliphatic carbocycles. The summed E-state index contributed by atoms with van der Waals surface area (Å²) < 4.78 is 0. The van der Waals surface area contributed by atoms with E-state index in [1.807, 2.05) is 19.1 Å². The second kappa shape index (κ2) is 4.06. The molecular weight excluding hydrogens is 222 g/mol. The van der Waals surface area contributed by atoms with Gasteiger partial charge in [0.05, 0.1) is 17.0 Å². The maximum absolute atomic E-state index is 11.9. The van der Waals surface area contributed by atoms with Crippen molar-refractivity contribution in [1.29, 1.82) is 5.26 Å². The summed E-state index contributed by atoms with van der Waals surface area (Å²) in [6.07, 6.45) is 0. The molecule has 1 aromatic carbocycles. The average molecular weight is 233 g/mol. The van der Waals surface area contributed by atoms with Crippen LogP contribution in [0.1, 0.15) is 6.92 Å². The number of hydrogen-bond acceptors (Lipinski definition) is 4. The Morgan fingerprint density at radius 3 is 3.06 bits per heavy atom. The molecule has 4 nitrogen and oxygen atoms in total. The first kappa shape index (κ1) is 10.8. The van der Waals surface area contributed by atoms with E-state index in [-0.39, 0.29) is 17.7 Å². The first-order valence-electron chi connectivity index (χ1n) is 4.88. The number of nitrogen functional groups attached to an aromatic ring is 1. The van der Waals surface area contributed by atoms with Crippen molar-refractivity contribution in [3.8, 4) is 6.07 Å². The minimum Gasteiger partial charge on any atom is -0.399 e. The van der Waals surface area contributed by atoms with Gasteiger partial charge in [0.25, 0.3) is 0 Å². The topological polar surface area (TPSA) is 70.1 Å². The van der Waals surface area contributed by atoms with Gasteiger partial charge >= 0.3 is 0 Å². The summed E-state index contributed by atoms with van der Waals surface area (Å²) in [5.74, 6) is -0.0242. The molecule has 1 aliphatic rings. The van der Waals surface area contributed by atoms with E-state index in [1.54, 1.807) is 12.1 Å². The molecule has 0 radical (unpaired) electrons. The fourth-order valence-electron chi connectivity index (χ4n) is 1.66. The van der Waals surface area contributed by atoms with Crippen LogP contribution < -0.4 is 10.6 Å². The van der Waals surface area contributed by atoms with Crippen molar-refractivity contribution < 1.29 is 4.79 Å². The van der Waals surface area contributed by atoms with Gasteiger partial charge in [0.2, 0.25) is 5.91 Å². The maximum atomic E-state index is 11.9. The smallest absolute Gasteiger partial charge is 0.241 e. The number of nitrogens with two attached hydrogens (primary N) is 1. The number of thioether (sulfide) groups is 1. The van der Waals surface area contributed by atoms with E-state index in [0.717, 1.165) is 10.6 Å². The van der Waals surface area contributed by atoms with Gasteiger partial charge in [0, 0.05) is 10.6 Å². The lowest BCUT2D eigenvalue weighted by atomic mass is 10.2. The molecule has 2 rings (SSSR count). The van der Waals surface area contributed by atoms with Gasteiger partial charge < -0.3 is 5.73 Å². The molecule has 1 aliphatic heterocycles. The third kappa shape index (κ3) is 1.72. The normalized spacial score (nSPS) is 19.1. The number of rotatable bonds is 1. The van der Waals surface area contributed by atoms with Crippen LogP contribution in [-0.4, -0.2) is 17.7 Å². The lowest BCUT2D eigenvalue weighted by molar-refractivity contribution is -0.117. The number of amides is 1. The Morgan fingerprint density at radius 1 is 1.62 bits per heavy atom. The first-order chi connectivity index (χ1) is 7.63. The number of benzene rings is 1. The van der Waals surface area contributed by atoms with Crippen LogP contribution in [0, 0.1) is 11.3 Å². The quantitative estimate of drug-likeness (QED) is 0.591. The van der Waals surface area contributed by atoms with E-state index in [0.29, 0.717) is 5.69 Å². The number of nitriles is 1. The first-order valence-corrected chi connectivity index (χ1v) is 5.76. The van der Waals surface area contributed by atoms with Gasteiger partial charge in [-0.1, -0.05) is 0 Å². The van der Waals surface area contributed by atoms with Crippen LogP contribution in [0.2, 0.25) is 0 Å². The van der Waals surface area contributed by atoms with E-state index >= 15 is 0 Å². The van der Waals surface area contributed by atoms with Crippen LogP contribution in [0.4, 0.5) is 11.4 Å². The molecule has 16 heavy (non-hydrogen) atoms. The molecule has 0 spiro atoms. The van der Waals surface area contributed by atoms with Crippen molar-refractivity contribution in [1.82, 2.24) is 0 Å². The monoisotopic (exact) mass is 233 g/mol. The van der Waals surface area contributed by atoms with E-state index in [4.69, 9.17) is 11.0 Å². The minimum atomic E-state index is -0.164. The summed E-state index contributed by atoms with van der Waals surface area (Å²) in [6, 6.07) is 7.38. The molecule has 5 heteroatoms. The van der Waals surface area contributed by atoms with Crippen molar-refractivity contribution in [2.45, 2.75) is 17.1 Å². The van der Waals surface area contributed by atoms with E-state index in [1.165, 1.54) is 16.7 Å². The zero-order chi connectivity index (χ0) is 11.7. The van der Waals surface area contributed by atoms with Crippen LogP contribution in [-0.2, 0) is 4.79 Å². The number of hydrogen-bond donors (Lipinski definition) is 1. The van der Waals surface area contributed by atoms with Crippen molar-refractivity contribution in [2.24, 2.45) is 0 Å². The molecule has 0 bridgehead atoms. The summed E-state index contributed by atoms with van der Waals surface area (Å²) >= 11 is 1.48. The Kier molecular flexibility index (Phi) is 2.75. The second-order valence-corrected chi connectivity index (χ2v) is 4.95. The number of fused-ring (bicyclic) bond motifs is 1. The molecule has 0 fully saturated rings. The lowest BCUT2D eigenvalue weighted by Crippen LogP contribution is -2.39. The predicted octanol–water partition coefficient (Wildman–Crippen LogP) is 1.62. The van der Waals surface area contributed by atoms with Crippen LogP contribution in [0.3, 0.4) is 0 Å². The van der Waals surface area contributed by atoms with Crippen LogP contribution in [0.5, 0.6) is 0 Å². The van der Waals surface area contributed by atoms with Gasteiger partial charge in [0.1, 0.15) is 6.54 Å². The maximum Gasteiger partial charge on any atom is 0.241 e. The molecule has 1 aromatic rings. The van der Waals surface area contributed by atoms with Gasteiger partial charge in [-0.25, -0.2) is 0 Å². The molecule has 2 N–H and O–H groups in total. The highest BCUT2D eigenvalue weighted by atomic mass is 32.2. The third-order valence-electron chi connectivity index (χ3n) is 2.42. The Hall–Kier alpha value is -1.67. The fraction of sp³-hybridized carbons (Fsp3) is 0.273. The van der Waals surface area contributed by atoms with Crippen molar-refractivity contribution in [3.05, 3.63) is 18.2 Å². The van der Waals surface area contributed by atoms with Gasteiger partial charge in [-0.15, -0.1) is 11.8 Å². The predicted molar refractivity (Wildman–Crippen MR) is 64.1 cm³/mol. The SMILES string of the molecule is CC1Sc2cc(N)ccc2N(CC#N)C1=O. The molecule has 1 atom stereocenters. The lowest BCUT2D eigenvalue weighted by Gasteiger charge is -2.30. The number of carbonyl (C=O) groups is 1. The summed E-state index contributed by atoms with van der Waals surface area (Å²) in [5.41, 5.74) is 7.15. The van der Waals surface area contributed by atoms with Crippen molar-refractivity contribution >= 4 is 29.0 Å². The number of carbonyl (C=O) groups excluding carboxylic acids is 1. The summed E-state index contributed by atoms with van der Waals surface area (Å²) in [5, 5.41) is 8.56. The molecule has 82 valence electrons. The van der Waals surface area contributed by atoms with E-state index in [9.17, 15) is 4.79 Å². The van der Waals surface area contributed by atoms with Crippen LogP contribution in [0.25, 0.3) is 0 Å². The van der Waals surface area contributed by atoms with Gasteiger partial charge in [-0.3, -0.25) is 9.69 Å². The Balaban J connectivity index is 2.48. The molecule has 1 amide bonds. The second-order valence-electron chi connectivity index (χ2n) is 3.57. The standard InChI is InChI=1S/C11H11N3OS/c1-7-11(15)14(5-4-12)9-3-2-8(13)6-10(9)16-7/h2-3,6-7H,5,13H2,1H3.